The van der Waals surface area contributed by atoms with Crippen LogP contribution < -0.4 is 16.2 Å². The summed E-state index contributed by atoms with van der Waals surface area (Å²) in [4.78, 5) is 32.3. The van der Waals surface area contributed by atoms with Crippen molar-refractivity contribution < 1.29 is 4.79 Å². The maximum absolute atomic E-state index is 11.8. The van der Waals surface area contributed by atoms with Gasteiger partial charge in [-0.3, -0.25) is 14.2 Å². The molecular weight excluding hydrogens is 318 g/mol. The van der Waals surface area contributed by atoms with Crippen LogP contribution in [0.1, 0.15) is 45.4 Å². The van der Waals surface area contributed by atoms with Crippen LogP contribution in [-0.2, 0) is 11.8 Å². The van der Waals surface area contributed by atoms with Crippen LogP contribution in [0.2, 0.25) is 0 Å². The number of carbonyl (C=O) groups is 1. The average molecular weight is 343 g/mol. The van der Waals surface area contributed by atoms with Gasteiger partial charge in [-0.2, -0.15) is 4.98 Å². The number of rotatable bonds is 5. The van der Waals surface area contributed by atoms with Crippen molar-refractivity contribution >= 4 is 22.9 Å². The quantitative estimate of drug-likeness (QED) is 0.866. The number of aryl methyl sites for hydroxylation is 1. The molecule has 2 aromatic heterocycles. The fourth-order valence-electron chi connectivity index (χ4n) is 3.31. The number of hydrogen-bond acceptors (Lipinski definition) is 5. The van der Waals surface area contributed by atoms with E-state index in [1.54, 1.807) is 19.3 Å². The van der Waals surface area contributed by atoms with E-state index in [0.717, 1.165) is 37.5 Å². The zero-order valence-corrected chi connectivity index (χ0v) is 14.8. The molecule has 2 heterocycles. The predicted octanol–water partition coefficient (Wildman–Crippen LogP) is 1.97. The second-order valence-corrected chi connectivity index (χ2v) is 6.71. The molecule has 2 aromatic rings. The molecule has 25 heavy (non-hydrogen) atoms. The third kappa shape index (κ3) is 4.15. The van der Waals surface area contributed by atoms with Gasteiger partial charge in [0, 0.05) is 43.2 Å². The Labute approximate surface area is 146 Å². The maximum Gasteiger partial charge on any atom is 0.251 e. The summed E-state index contributed by atoms with van der Waals surface area (Å²) < 4.78 is 1.53. The minimum Gasteiger partial charge on any atom is -0.353 e. The molecule has 2 N–H and O–H groups in total. The number of fused-ring (bicyclic) bond motifs is 1. The first-order chi connectivity index (χ1) is 12.1. The molecule has 0 saturated heterocycles. The topological polar surface area (TPSA) is 88.9 Å². The van der Waals surface area contributed by atoms with Crippen LogP contribution in [0, 0.1) is 0 Å². The summed E-state index contributed by atoms with van der Waals surface area (Å²) in [5.74, 6) is 0.699. The first kappa shape index (κ1) is 17.4. The Morgan fingerprint density at radius 1 is 1.24 bits per heavy atom. The molecule has 0 radical (unpaired) electrons. The van der Waals surface area contributed by atoms with Crippen molar-refractivity contribution in [1.82, 2.24) is 19.9 Å². The number of amides is 1. The molecule has 3 rings (SSSR count). The first-order valence-electron chi connectivity index (χ1n) is 8.95. The molecule has 0 atom stereocenters. The highest BCUT2D eigenvalue weighted by molar-refractivity contribution is 5.76. The van der Waals surface area contributed by atoms with E-state index in [2.05, 4.69) is 20.6 Å². The highest BCUT2D eigenvalue weighted by Gasteiger charge is 2.22. The molecule has 7 heteroatoms. The van der Waals surface area contributed by atoms with Gasteiger partial charge >= 0.3 is 0 Å². The van der Waals surface area contributed by atoms with E-state index >= 15 is 0 Å². The van der Waals surface area contributed by atoms with Crippen molar-refractivity contribution in [2.24, 2.45) is 7.05 Å². The number of nitrogens with zero attached hydrogens (tertiary/aromatic N) is 3. The summed E-state index contributed by atoms with van der Waals surface area (Å²) in [7, 11) is 1.71. The molecule has 1 aliphatic carbocycles. The van der Waals surface area contributed by atoms with Gasteiger partial charge in [0.15, 0.2) is 0 Å². The van der Waals surface area contributed by atoms with E-state index in [0.29, 0.717) is 18.0 Å². The lowest BCUT2D eigenvalue weighted by Crippen LogP contribution is -2.40. The fraction of sp³-hybridized carbons (Fsp3) is 0.556. The summed E-state index contributed by atoms with van der Waals surface area (Å²) in [6.45, 7) is 2.01. The minimum atomic E-state index is -0.0829. The van der Waals surface area contributed by atoms with Gasteiger partial charge in [0.05, 0.1) is 0 Å². The highest BCUT2D eigenvalue weighted by atomic mass is 16.1. The Morgan fingerprint density at radius 2 is 1.96 bits per heavy atom. The van der Waals surface area contributed by atoms with Crippen molar-refractivity contribution in [3.05, 3.63) is 28.7 Å². The van der Waals surface area contributed by atoms with Crippen LogP contribution in [0.3, 0.4) is 0 Å². The van der Waals surface area contributed by atoms with E-state index < -0.39 is 0 Å². The second-order valence-electron chi connectivity index (χ2n) is 6.71. The summed E-state index contributed by atoms with van der Waals surface area (Å²) >= 11 is 0. The van der Waals surface area contributed by atoms with E-state index in [1.165, 1.54) is 10.6 Å². The number of anilines is 1. The molecule has 0 aromatic carbocycles. The zero-order chi connectivity index (χ0) is 17.8. The highest BCUT2D eigenvalue weighted by Crippen LogP contribution is 2.22. The normalized spacial score (nSPS) is 20.4. The Hall–Kier alpha value is -2.44. The SMILES string of the molecule is CCCC(=O)NC1CCC(Nc2ncc3ccc(=O)n(C)c3n2)CC1. The molecule has 134 valence electrons. The van der Waals surface area contributed by atoms with Crippen LogP contribution >= 0.6 is 0 Å². The molecule has 0 aliphatic heterocycles. The van der Waals surface area contributed by atoms with E-state index in [-0.39, 0.29) is 23.6 Å². The largest absolute Gasteiger partial charge is 0.353 e. The third-order valence-corrected chi connectivity index (χ3v) is 4.75. The maximum atomic E-state index is 11.8. The van der Waals surface area contributed by atoms with Crippen molar-refractivity contribution in [2.75, 3.05) is 5.32 Å². The molecule has 1 aliphatic rings. The van der Waals surface area contributed by atoms with Crippen molar-refractivity contribution in [1.29, 1.82) is 0 Å². The van der Waals surface area contributed by atoms with E-state index in [1.807, 2.05) is 6.92 Å². The van der Waals surface area contributed by atoms with E-state index in [4.69, 9.17) is 0 Å². The van der Waals surface area contributed by atoms with Crippen molar-refractivity contribution in [3.63, 3.8) is 0 Å². The number of hydrogen-bond donors (Lipinski definition) is 2. The number of pyridine rings is 1. The minimum absolute atomic E-state index is 0.0829. The average Bonchev–Trinajstić information content (AvgIpc) is 2.60. The van der Waals surface area contributed by atoms with Gasteiger partial charge in [-0.1, -0.05) is 6.92 Å². The van der Waals surface area contributed by atoms with Crippen molar-refractivity contribution in [3.8, 4) is 0 Å². The lowest BCUT2D eigenvalue weighted by molar-refractivity contribution is -0.122. The van der Waals surface area contributed by atoms with Gasteiger partial charge in [0.2, 0.25) is 11.9 Å². The lowest BCUT2D eigenvalue weighted by Gasteiger charge is -2.29. The van der Waals surface area contributed by atoms with Crippen LogP contribution in [-0.4, -0.2) is 32.5 Å². The monoisotopic (exact) mass is 343 g/mol. The van der Waals surface area contributed by atoms with Crippen LogP contribution in [0.4, 0.5) is 5.95 Å². The Kier molecular flexibility index (Phi) is 5.31. The third-order valence-electron chi connectivity index (χ3n) is 4.75. The lowest BCUT2D eigenvalue weighted by atomic mass is 9.91. The van der Waals surface area contributed by atoms with Gasteiger partial charge in [-0.15, -0.1) is 0 Å². The summed E-state index contributed by atoms with van der Waals surface area (Å²) in [6, 6.07) is 3.83. The molecule has 1 amide bonds. The van der Waals surface area contributed by atoms with Gasteiger partial charge in [-0.25, -0.2) is 4.98 Å². The number of aromatic nitrogens is 3. The molecule has 0 spiro atoms. The fourth-order valence-corrected chi connectivity index (χ4v) is 3.31. The zero-order valence-electron chi connectivity index (χ0n) is 14.8. The van der Waals surface area contributed by atoms with Crippen LogP contribution in [0.15, 0.2) is 23.1 Å². The van der Waals surface area contributed by atoms with Gasteiger partial charge < -0.3 is 10.6 Å². The number of carbonyl (C=O) groups excluding carboxylic acids is 1. The van der Waals surface area contributed by atoms with Crippen LogP contribution in [0.5, 0.6) is 0 Å². The first-order valence-corrected chi connectivity index (χ1v) is 8.95. The standard InChI is InChI=1S/C18H25N5O2/c1-3-4-15(24)20-13-6-8-14(9-7-13)21-18-19-11-12-5-10-16(25)23(2)17(12)22-18/h5,10-11,13-14H,3-4,6-9H2,1-2H3,(H,20,24)(H,19,21,22). The Bertz CT molecular complexity index is 809. The summed E-state index contributed by atoms with van der Waals surface area (Å²) in [5, 5.41) is 7.32. The summed E-state index contributed by atoms with van der Waals surface area (Å²) in [6.07, 6.45) is 7.06. The predicted molar refractivity (Wildman–Crippen MR) is 97.5 cm³/mol. The Morgan fingerprint density at radius 3 is 2.68 bits per heavy atom. The molecule has 0 bridgehead atoms. The summed E-state index contributed by atoms with van der Waals surface area (Å²) in [5.41, 5.74) is 0.547. The van der Waals surface area contributed by atoms with Gasteiger partial charge in [0.25, 0.3) is 5.56 Å². The molecule has 0 unspecified atom stereocenters. The molecular formula is C18H25N5O2. The number of nitrogens with one attached hydrogen (secondary N) is 2. The smallest absolute Gasteiger partial charge is 0.251 e. The van der Waals surface area contributed by atoms with Gasteiger partial charge in [-0.05, 0) is 38.2 Å². The van der Waals surface area contributed by atoms with E-state index in [9.17, 15) is 9.59 Å². The van der Waals surface area contributed by atoms with Gasteiger partial charge in [0.1, 0.15) is 5.65 Å². The molecule has 7 nitrogen and oxygen atoms in total. The second kappa shape index (κ2) is 7.63. The van der Waals surface area contributed by atoms with Crippen molar-refractivity contribution in [2.45, 2.75) is 57.5 Å². The Balaban J connectivity index is 1.60. The molecule has 1 saturated carbocycles. The van der Waals surface area contributed by atoms with Crippen LogP contribution in [0.25, 0.3) is 11.0 Å². The molecule has 1 fully saturated rings.